The van der Waals surface area contributed by atoms with Gasteiger partial charge in [-0.05, 0) is 31.2 Å². The number of Topliss-reactive ketones (excluding diaryl/α,β-unsaturated/α-hetero) is 1. The molecule has 0 bridgehead atoms. The highest BCUT2D eigenvalue weighted by atomic mass is 16.6. The SMILES string of the molecule is C[C@H]([C@@H]1O[C@H]1C[C@@H]1OC[C@H](CC(=O)CC(=O)/C=C/c2ccco2)[C@@H](O)[C@H]1O)[C@H](C)O. The summed E-state index contributed by atoms with van der Waals surface area (Å²) in [6, 6.07) is 3.39. The second kappa shape index (κ2) is 9.98. The van der Waals surface area contributed by atoms with Gasteiger partial charge in [0.25, 0.3) is 0 Å². The van der Waals surface area contributed by atoms with E-state index in [0.717, 1.165) is 0 Å². The molecule has 0 saturated carbocycles. The maximum atomic E-state index is 12.2. The number of epoxide rings is 1. The number of carbonyl (C=O) groups is 2. The van der Waals surface area contributed by atoms with E-state index in [0.29, 0.717) is 12.2 Å². The third kappa shape index (κ3) is 5.86. The molecule has 0 aliphatic carbocycles. The van der Waals surface area contributed by atoms with Crippen molar-refractivity contribution in [2.75, 3.05) is 6.61 Å². The fourth-order valence-corrected chi connectivity index (χ4v) is 3.82. The highest BCUT2D eigenvalue weighted by Gasteiger charge is 2.48. The van der Waals surface area contributed by atoms with Crippen LogP contribution in [0.4, 0.5) is 0 Å². The first-order valence-electron chi connectivity index (χ1n) is 10.3. The molecule has 0 spiro atoms. The highest BCUT2D eigenvalue weighted by Crippen LogP contribution is 2.37. The smallest absolute Gasteiger partial charge is 0.163 e. The van der Waals surface area contributed by atoms with Crippen LogP contribution in [0.15, 0.2) is 28.9 Å². The molecule has 1 aromatic rings. The van der Waals surface area contributed by atoms with E-state index in [1.54, 1.807) is 19.1 Å². The summed E-state index contributed by atoms with van der Waals surface area (Å²) < 4.78 is 16.4. The monoisotopic (exact) mass is 422 g/mol. The van der Waals surface area contributed by atoms with Gasteiger partial charge in [-0.3, -0.25) is 9.59 Å². The van der Waals surface area contributed by atoms with E-state index in [2.05, 4.69) is 0 Å². The van der Waals surface area contributed by atoms with Gasteiger partial charge in [0, 0.05) is 24.7 Å². The van der Waals surface area contributed by atoms with Crippen molar-refractivity contribution >= 4 is 17.6 Å². The Morgan fingerprint density at radius 2 is 2.00 bits per heavy atom. The van der Waals surface area contributed by atoms with Crippen LogP contribution in [0, 0.1) is 11.8 Å². The lowest BCUT2D eigenvalue weighted by molar-refractivity contribution is -0.170. The van der Waals surface area contributed by atoms with Crippen molar-refractivity contribution < 1.29 is 38.8 Å². The van der Waals surface area contributed by atoms with E-state index in [9.17, 15) is 24.9 Å². The fraction of sp³-hybridized carbons (Fsp3) is 0.636. The largest absolute Gasteiger partial charge is 0.465 e. The lowest BCUT2D eigenvalue weighted by Crippen LogP contribution is -2.51. The summed E-state index contributed by atoms with van der Waals surface area (Å²) in [4.78, 5) is 24.1. The topological polar surface area (TPSA) is 130 Å². The van der Waals surface area contributed by atoms with Crippen molar-refractivity contribution in [3.05, 3.63) is 30.2 Å². The van der Waals surface area contributed by atoms with Crippen LogP contribution in [0.2, 0.25) is 0 Å². The van der Waals surface area contributed by atoms with Gasteiger partial charge >= 0.3 is 0 Å². The predicted molar refractivity (Wildman–Crippen MR) is 106 cm³/mol. The molecular formula is C22H30O8. The minimum atomic E-state index is -1.14. The molecule has 0 radical (unpaired) electrons. The lowest BCUT2D eigenvalue weighted by atomic mass is 9.86. The number of carbonyl (C=O) groups excluding carboxylic acids is 2. The van der Waals surface area contributed by atoms with Crippen LogP contribution in [0.3, 0.4) is 0 Å². The molecule has 3 heterocycles. The van der Waals surface area contributed by atoms with E-state index in [1.165, 1.54) is 18.4 Å². The van der Waals surface area contributed by atoms with E-state index in [1.807, 2.05) is 6.92 Å². The van der Waals surface area contributed by atoms with E-state index < -0.39 is 30.3 Å². The number of furan rings is 1. The van der Waals surface area contributed by atoms with Crippen molar-refractivity contribution in [2.45, 2.75) is 69.7 Å². The van der Waals surface area contributed by atoms with Crippen LogP contribution >= 0.6 is 0 Å². The first-order valence-corrected chi connectivity index (χ1v) is 10.3. The molecule has 3 N–H and O–H groups in total. The van der Waals surface area contributed by atoms with Gasteiger partial charge in [0.15, 0.2) is 5.78 Å². The average Bonchev–Trinajstić information content (AvgIpc) is 3.25. The van der Waals surface area contributed by atoms with Crippen LogP contribution in [0.5, 0.6) is 0 Å². The first-order chi connectivity index (χ1) is 14.3. The number of ether oxygens (including phenoxy) is 2. The number of aliphatic hydroxyl groups excluding tert-OH is 3. The molecule has 2 aliphatic rings. The number of aliphatic hydroxyl groups is 3. The molecule has 166 valence electrons. The Bertz CT molecular complexity index is 740. The van der Waals surface area contributed by atoms with Crippen molar-refractivity contribution in [3.8, 4) is 0 Å². The molecule has 2 fully saturated rings. The van der Waals surface area contributed by atoms with Gasteiger partial charge in [-0.1, -0.05) is 6.92 Å². The summed E-state index contributed by atoms with van der Waals surface area (Å²) >= 11 is 0. The normalized spacial score (nSPS) is 33.4. The summed E-state index contributed by atoms with van der Waals surface area (Å²) in [5.74, 6) is -0.752. The Labute approximate surface area is 175 Å². The van der Waals surface area contributed by atoms with Crippen molar-refractivity contribution in [3.63, 3.8) is 0 Å². The summed E-state index contributed by atoms with van der Waals surface area (Å²) in [5, 5.41) is 30.5. The van der Waals surface area contributed by atoms with Crippen LogP contribution < -0.4 is 0 Å². The molecule has 2 aliphatic heterocycles. The molecule has 0 aromatic carbocycles. The van der Waals surface area contributed by atoms with Crippen LogP contribution in [-0.4, -0.2) is 70.1 Å². The molecule has 1 aromatic heterocycles. The summed E-state index contributed by atoms with van der Waals surface area (Å²) in [7, 11) is 0. The molecular weight excluding hydrogens is 392 g/mol. The standard InChI is InChI=1S/C22H30O8/c1-12(13(2)23)22-19(30-22)10-18-21(27)20(26)14(11-29-18)8-16(25)9-15(24)5-6-17-4-3-7-28-17/h3-7,12-14,18-23,26-27H,8-11H2,1-2H3/b6-5+/t12-,13-,14-,18-,19-,20+,21-,22-/m0/s1. The molecule has 0 unspecified atom stereocenters. The Hall–Kier alpha value is -1.84. The molecule has 8 heteroatoms. The van der Waals surface area contributed by atoms with Gasteiger partial charge in [-0.2, -0.15) is 0 Å². The summed E-state index contributed by atoms with van der Waals surface area (Å²) in [6.07, 6.45) is 0.792. The quantitative estimate of drug-likeness (QED) is 0.291. The zero-order valence-electron chi connectivity index (χ0n) is 17.2. The number of ketones is 2. The number of allylic oxidation sites excluding steroid dienone is 1. The Balaban J connectivity index is 1.43. The molecule has 8 nitrogen and oxygen atoms in total. The minimum absolute atomic E-state index is 0.0228. The van der Waals surface area contributed by atoms with Crippen LogP contribution in [0.25, 0.3) is 6.08 Å². The van der Waals surface area contributed by atoms with Crippen molar-refractivity contribution in [1.82, 2.24) is 0 Å². The Kier molecular flexibility index (Phi) is 7.60. The number of hydrogen-bond acceptors (Lipinski definition) is 8. The van der Waals surface area contributed by atoms with Gasteiger partial charge < -0.3 is 29.2 Å². The van der Waals surface area contributed by atoms with Gasteiger partial charge in [0.2, 0.25) is 0 Å². The maximum absolute atomic E-state index is 12.2. The Morgan fingerprint density at radius 1 is 1.23 bits per heavy atom. The van der Waals surface area contributed by atoms with Crippen LogP contribution in [-0.2, 0) is 19.1 Å². The van der Waals surface area contributed by atoms with Crippen molar-refractivity contribution in [2.24, 2.45) is 11.8 Å². The minimum Gasteiger partial charge on any atom is -0.465 e. The Morgan fingerprint density at radius 3 is 2.67 bits per heavy atom. The first kappa shape index (κ1) is 22.8. The third-order valence-electron chi connectivity index (χ3n) is 5.94. The molecule has 2 saturated heterocycles. The summed E-state index contributed by atoms with van der Waals surface area (Å²) in [5.41, 5.74) is 0. The third-order valence-corrected chi connectivity index (χ3v) is 5.94. The maximum Gasteiger partial charge on any atom is 0.163 e. The van der Waals surface area contributed by atoms with Crippen LogP contribution in [0.1, 0.15) is 38.9 Å². The zero-order chi connectivity index (χ0) is 21.8. The van der Waals surface area contributed by atoms with Gasteiger partial charge in [-0.15, -0.1) is 0 Å². The van der Waals surface area contributed by atoms with E-state index in [4.69, 9.17) is 13.9 Å². The van der Waals surface area contributed by atoms with E-state index in [-0.39, 0.29) is 49.1 Å². The van der Waals surface area contributed by atoms with E-state index >= 15 is 0 Å². The number of rotatable bonds is 10. The summed E-state index contributed by atoms with van der Waals surface area (Å²) in [6.45, 7) is 3.72. The fourth-order valence-electron chi connectivity index (χ4n) is 3.82. The highest BCUT2D eigenvalue weighted by molar-refractivity contribution is 6.06. The number of hydrogen-bond donors (Lipinski definition) is 3. The van der Waals surface area contributed by atoms with Gasteiger partial charge in [0.05, 0.1) is 49.8 Å². The second-order valence-corrected chi connectivity index (χ2v) is 8.32. The second-order valence-electron chi connectivity index (χ2n) is 8.32. The van der Waals surface area contributed by atoms with Gasteiger partial charge in [0.1, 0.15) is 17.6 Å². The predicted octanol–water partition coefficient (Wildman–Crippen LogP) is 1.12. The molecule has 0 amide bonds. The van der Waals surface area contributed by atoms with Gasteiger partial charge in [-0.25, -0.2) is 0 Å². The average molecular weight is 422 g/mol. The van der Waals surface area contributed by atoms with Crippen molar-refractivity contribution in [1.29, 1.82) is 0 Å². The lowest BCUT2D eigenvalue weighted by Gasteiger charge is -2.37. The molecule has 30 heavy (non-hydrogen) atoms. The zero-order valence-corrected chi connectivity index (χ0v) is 17.2. The molecule has 3 rings (SSSR count). The molecule has 8 atom stereocenters.